The van der Waals surface area contributed by atoms with Crippen molar-refractivity contribution in [1.29, 1.82) is 0 Å². The second kappa shape index (κ2) is 4.69. The zero-order chi connectivity index (χ0) is 12.3. The van der Waals surface area contributed by atoms with E-state index in [1.165, 1.54) is 6.26 Å². The van der Waals surface area contributed by atoms with Crippen LogP contribution >= 0.6 is 0 Å². The molecule has 0 aliphatic heterocycles. The number of benzene rings is 1. The lowest BCUT2D eigenvalue weighted by Crippen LogP contribution is -2.12. The van der Waals surface area contributed by atoms with Crippen LogP contribution < -0.4 is 10.1 Å². The van der Waals surface area contributed by atoms with Crippen LogP contribution in [0.3, 0.4) is 0 Å². The highest BCUT2D eigenvalue weighted by atomic mass is 16.5. The van der Waals surface area contributed by atoms with Crippen LogP contribution in [-0.2, 0) is 0 Å². The van der Waals surface area contributed by atoms with Crippen LogP contribution in [0.2, 0.25) is 0 Å². The second-order valence-electron chi connectivity index (χ2n) is 3.47. The van der Waals surface area contributed by atoms with Crippen molar-refractivity contribution in [3.8, 4) is 5.75 Å². The molecule has 0 radical (unpaired) electrons. The fourth-order valence-corrected chi connectivity index (χ4v) is 1.45. The summed E-state index contributed by atoms with van der Waals surface area (Å²) >= 11 is 0. The SMILES string of the molecule is COc1ccccc1NC(=O)c1conc1C. The van der Waals surface area contributed by atoms with Crippen molar-refractivity contribution in [3.63, 3.8) is 0 Å². The van der Waals surface area contributed by atoms with Crippen molar-refractivity contribution in [2.75, 3.05) is 12.4 Å². The molecule has 0 saturated heterocycles. The van der Waals surface area contributed by atoms with Gasteiger partial charge in [-0.2, -0.15) is 0 Å². The summed E-state index contributed by atoms with van der Waals surface area (Å²) < 4.78 is 9.86. The standard InChI is InChI=1S/C12H12N2O3/c1-8-9(7-17-14-8)12(15)13-10-5-3-4-6-11(10)16-2/h3-7H,1-2H3,(H,13,15). The van der Waals surface area contributed by atoms with Crippen LogP contribution in [0, 0.1) is 6.92 Å². The van der Waals surface area contributed by atoms with Gasteiger partial charge in [-0.25, -0.2) is 0 Å². The first-order valence-corrected chi connectivity index (χ1v) is 5.07. The molecule has 1 aromatic carbocycles. The average molecular weight is 232 g/mol. The maximum atomic E-state index is 11.9. The summed E-state index contributed by atoms with van der Waals surface area (Å²) in [4.78, 5) is 11.9. The van der Waals surface area contributed by atoms with Gasteiger partial charge in [-0.15, -0.1) is 0 Å². The Morgan fingerprint density at radius 1 is 1.41 bits per heavy atom. The van der Waals surface area contributed by atoms with Crippen molar-refractivity contribution in [2.24, 2.45) is 0 Å². The van der Waals surface area contributed by atoms with Crippen LogP contribution in [-0.4, -0.2) is 18.2 Å². The van der Waals surface area contributed by atoms with E-state index in [4.69, 9.17) is 9.26 Å². The van der Waals surface area contributed by atoms with Crippen molar-refractivity contribution < 1.29 is 14.1 Å². The van der Waals surface area contributed by atoms with E-state index in [1.54, 1.807) is 26.2 Å². The summed E-state index contributed by atoms with van der Waals surface area (Å²) in [6.45, 7) is 1.71. The maximum absolute atomic E-state index is 11.9. The van der Waals surface area contributed by atoms with Gasteiger partial charge in [0.15, 0.2) is 0 Å². The minimum absolute atomic E-state index is 0.270. The van der Waals surface area contributed by atoms with Crippen LogP contribution in [0.1, 0.15) is 16.1 Å². The zero-order valence-corrected chi connectivity index (χ0v) is 9.56. The third-order valence-electron chi connectivity index (χ3n) is 2.35. The van der Waals surface area contributed by atoms with Crippen LogP contribution in [0.4, 0.5) is 5.69 Å². The molecule has 0 aliphatic rings. The lowest BCUT2D eigenvalue weighted by molar-refractivity contribution is 0.102. The molecule has 1 aromatic heterocycles. The van der Waals surface area contributed by atoms with E-state index in [-0.39, 0.29) is 5.91 Å². The molecule has 5 nitrogen and oxygen atoms in total. The highest BCUT2D eigenvalue weighted by Gasteiger charge is 2.14. The number of hydrogen-bond donors (Lipinski definition) is 1. The number of aryl methyl sites for hydroxylation is 1. The predicted octanol–water partition coefficient (Wildman–Crippen LogP) is 2.24. The molecule has 1 N–H and O–H groups in total. The number of carbonyl (C=O) groups excluding carboxylic acids is 1. The first-order chi connectivity index (χ1) is 8.22. The number of anilines is 1. The van der Waals surface area contributed by atoms with Crippen molar-refractivity contribution >= 4 is 11.6 Å². The number of rotatable bonds is 3. The molecular weight excluding hydrogens is 220 g/mol. The Morgan fingerprint density at radius 3 is 2.82 bits per heavy atom. The molecule has 0 saturated carbocycles. The van der Waals surface area contributed by atoms with Crippen molar-refractivity contribution in [1.82, 2.24) is 5.16 Å². The number of hydrogen-bond acceptors (Lipinski definition) is 4. The molecule has 0 aliphatic carbocycles. The van der Waals surface area contributed by atoms with Crippen LogP contribution in [0.5, 0.6) is 5.75 Å². The van der Waals surface area contributed by atoms with E-state index in [0.29, 0.717) is 22.7 Å². The third kappa shape index (κ3) is 2.28. The molecule has 1 heterocycles. The van der Waals surface area contributed by atoms with Gasteiger partial charge in [0, 0.05) is 0 Å². The van der Waals surface area contributed by atoms with Crippen LogP contribution in [0.25, 0.3) is 0 Å². The normalized spacial score (nSPS) is 10.0. The maximum Gasteiger partial charge on any atom is 0.260 e. The molecule has 0 unspecified atom stereocenters. The second-order valence-corrected chi connectivity index (χ2v) is 3.47. The molecular formula is C12H12N2O3. The summed E-state index contributed by atoms with van der Waals surface area (Å²) in [6, 6.07) is 7.19. The molecule has 88 valence electrons. The topological polar surface area (TPSA) is 64.4 Å². The number of carbonyl (C=O) groups is 1. The first kappa shape index (κ1) is 11.2. The molecule has 1 amide bonds. The Labute approximate surface area is 98.4 Å². The molecule has 2 rings (SSSR count). The average Bonchev–Trinajstić information content (AvgIpc) is 2.76. The van der Waals surface area contributed by atoms with Gasteiger partial charge in [-0.3, -0.25) is 4.79 Å². The lowest BCUT2D eigenvalue weighted by atomic mass is 10.2. The molecule has 5 heteroatoms. The van der Waals surface area contributed by atoms with Crippen molar-refractivity contribution in [2.45, 2.75) is 6.92 Å². The molecule has 0 atom stereocenters. The lowest BCUT2D eigenvalue weighted by Gasteiger charge is -2.08. The Morgan fingerprint density at radius 2 is 2.18 bits per heavy atom. The van der Waals surface area contributed by atoms with E-state index in [9.17, 15) is 4.79 Å². The molecule has 0 fully saturated rings. The van der Waals surface area contributed by atoms with Crippen LogP contribution in [0.15, 0.2) is 35.1 Å². The molecule has 0 bridgehead atoms. The number of ether oxygens (including phenoxy) is 1. The van der Waals surface area contributed by atoms with Gasteiger partial charge in [0.25, 0.3) is 5.91 Å². The smallest absolute Gasteiger partial charge is 0.260 e. The quantitative estimate of drug-likeness (QED) is 0.881. The van der Waals surface area contributed by atoms with Gasteiger partial charge in [0.1, 0.15) is 17.6 Å². The van der Waals surface area contributed by atoms with E-state index in [2.05, 4.69) is 10.5 Å². The fourth-order valence-electron chi connectivity index (χ4n) is 1.45. The summed E-state index contributed by atoms with van der Waals surface area (Å²) in [5.41, 5.74) is 1.58. The predicted molar refractivity (Wildman–Crippen MR) is 62.2 cm³/mol. The Bertz CT molecular complexity index is 534. The highest BCUT2D eigenvalue weighted by molar-refractivity contribution is 6.05. The van der Waals surface area contributed by atoms with Gasteiger partial charge in [0.2, 0.25) is 0 Å². The van der Waals surface area contributed by atoms with Gasteiger partial charge in [-0.05, 0) is 19.1 Å². The van der Waals surface area contributed by atoms with E-state index in [1.807, 2.05) is 12.1 Å². The summed E-state index contributed by atoms with van der Waals surface area (Å²) in [5, 5.41) is 6.40. The highest BCUT2D eigenvalue weighted by Crippen LogP contribution is 2.23. The summed E-state index contributed by atoms with van der Waals surface area (Å²) in [5.74, 6) is 0.336. The molecule has 2 aromatic rings. The minimum Gasteiger partial charge on any atom is -0.495 e. The molecule has 0 spiro atoms. The van der Waals surface area contributed by atoms with Gasteiger partial charge in [0.05, 0.1) is 18.5 Å². The van der Waals surface area contributed by atoms with E-state index in [0.717, 1.165) is 0 Å². The van der Waals surface area contributed by atoms with E-state index >= 15 is 0 Å². The largest absolute Gasteiger partial charge is 0.495 e. The Hall–Kier alpha value is -2.30. The van der Waals surface area contributed by atoms with E-state index < -0.39 is 0 Å². The number of para-hydroxylation sites is 2. The number of nitrogens with one attached hydrogen (secondary N) is 1. The Kier molecular flexibility index (Phi) is 3.09. The third-order valence-corrected chi connectivity index (χ3v) is 2.35. The Balaban J connectivity index is 2.22. The number of methoxy groups -OCH3 is 1. The molecule has 17 heavy (non-hydrogen) atoms. The van der Waals surface area contributed by atoms with Gasteiger partial charge >= 0.3 is 0 Å². The monoisotopic (exact) mass is 232 g/mol. The van der Waals surface area contributed by atoms with Gasteiger partial charge in [-0.1, -0.05) is 17.3 Å². The fraction of sp³-hybridized carbons (Fsp3) is 0.167. The summed E-state index contributed by atoms with van der Waals surface area (Å²) in [6.07, 6.45) is 1.32. The zero-order valence-electron chi connectivity index (χ0n) is 9.56. The van der Waals surface area contributed by atoms with Gasteiger partial charge < -0.3 is 14.6 Å². The minimum atomic E-state index is -0.270. The number of nitrogens with zero attached hydrogens (tertiary/aromatic N) is 1. The first-order valence-electron chi connectivity index (χ1n) is 5.07. The van der Waals surface area contributed by atoms with Crippen molar-refractivity contribution in [3.05, 3.63) is 41.8 Å². The summed E-state index contributed by atoms with van der Waals surface area (Å²) in [7, 11) is 1.55. The number of amides is 1. The number of aromatic nitrogens is 1.